The van der Waals surface area contributed by atoms with Gasteiger partial charge in [-0.15, -0.1) is 0 Å². The van der Waals surface area contributed by atoms with Gasteiger partial charge in [0, 0.05) is 19.2 Å². The number of aromatic nitrogens is 3. The number of fused-ring (bicyclic) bond motifs is 1. The van der Waals surface area contributed by atoms with Gasteiger partial charge in [0.25, 0.3) is 8.32 Å². The van der Waals surface area contributed by atoms with Crippen LogP contribution in [0.4, 0.5) is 5.82 Å². The molecule has 0 radical (unpaired) electrons. The van der Waals surface area contributed by atoms with Crippen molar-refractivity contribution in [3.8, 4) is 0 Å². The summed E-state index contributed by atoms with van der Waals surface area (Å²) in [6.45, 7) is 8.91. The third-order valence-electron chi connectivity index (χ3n) is 6.79. The van der Waals surface area contributed by atoms with Crippen molar-refractivity contribution in [2.75, 3.05) is 18.0 Å². The number of piperidine rings is 1. The molecule has 0 amide bonds. The molecule has 4 aromatic rings. The maximum atomic E-state index is 7.33. The van der Waals surface area contributed by atoms with Crippen molar-refractivity contribution in [2.45, 2.75) is 44.8 Å². The quantitative estimate of drug-likeness (QED) is 0.449. The van der Waals surface area contributed by atoms with Crippen molar-refractivity contribution < 1.29 is 4.43 Å². The van der Waals surface area contributed by atoms with Gasteiger partial charge in [0.05, 0.1) is 11.8 Å². The van der Waals surface area contributed by atoms with Gasteiger partial charge < -0.3 is 14.3 Å². The zero-order valence-corrected chi connectivity index (χ0v) is 20.7. The molecule has 0 aliphatic carbocycles. The van der Waals surface area contributed by atoms with E-state index >= 15 is 0 Å². The van der Waals surface area contributed by atoms with Crippen LogP contribution in [0.2, 0.25) is 5.04 Å². The third kappa shape index (κ3) is 4.09. The van der Waals surface area contributed by atoms with Crippen LogP contribution < -0.4 is 15.3 Å². The first-order chi connectivity index (χ1) is 16.0. The summed E-state index contributed by atoms with van der Waals surface area (Å²) in [6.07, 6.45) is 3.91. The van der Waals surface area contributed by atoms with E-state index in [1.807, 2.05) is 0 Å². The van der Waals surface area contributed by atoms with Gasteiger partial charge >= 0.3 is 0 Å². The summed E-state index contributed by atoms with van der Waals surface area (Å²) in [6, 6.07) is 26.0. The summed E-state index contributed by atoms with van der Waals surface area (Å²) in [4.78, 5) is 14.5. The lowest BCUT2D eigenvalue weighted by molar-refractivity contribution is 0.158. The van der Waals surface area contributed by atoms with E-state index in [-0.39, 0.29) is 11.1 Å². The maximum absolute atomic E-state index is 7.33. The second-order valence-corrected chi connectivity index (χ2v) is 14.2. The lowest BCUT2D eigenvalue weighted by Crippen LogP contribution is -2.68. The molecule has 170 valence electrons. The van der Waals surface area contributed by atoms with Crippen molar-refractivity contribution >= 4 is 35.7 Å². The summed E-state index contributed by atoms with van der Waals surface area (Å²) in [7, 11) is -2.51. The Morgan fingerprint density at radius 3 is 2.06 bits per heavy atom. The Bertz CT molecular complexity index is 1160. The molecule has 2 aromatic heterocycles. The van der Waals surface area contributed by atoms with Gasteiger partial charge in [0.15, 0.2) is 5.65 Å². The highest BCUT2D eigenvalue weighted by atomic mass is 28.4. The average Bonchev–Trinajstić information content (AvgIpc) is 3.31. The van der Waals surface area contributed by atoms with Crippen LogP contribution in [0, 0.1) is 0 Å². The number of aromatic amines is 1. The van der Waals surface area contributed by atoms with E-state index in [9.17, 15) is 0 Å². The first kappa shape index (κ1) is 21.9. The van der Waals surface area contributed by atoms with Crippen LogP contribution in [0.5, 0.6) is 0 Å². The molecule has 1 aliphatic heterocycles. The maximum Gasteiger partial charge on any atom is 0.261 e. The van der Waals surface area contributed by atoms with Gasteiger partial charge in [0.1, 0.15) is 5.82 Å². The third-order valence-corrected chi connectivity index (χ3v) is 11.9. The number of pyridine rings is 1. The zero-order chi connectivity index (χ0) is 22.9. The predicted molar refractivity (Wildman–Crippen MR) is 138 cm³/mol. The average molecular weight is 457 g/mol. The normalized spacial score (nSPS) is 15.8. The largest absolute Gasteiger partial charge is 0.404 e. The molecule has 0 saturated carbocycles. The summed E-state index contributed by atoms with van der Waals surface area (Å²) in [5.41, 5.74) is 1.75. The lowest BCUT2D eigenvalue weighted by atomic mass is 10.1. The van der Waals surface area contributed by atoms with E-state index in [0.717, 1.165) is 42.9 Å². The molecule has 5 nitrogen and oxygen atoms in total. The second kappa shape index (κ2) is 8.76. The van der Waals surface area contributed by atoms with Gasteiger partial charge in [-0.3, -0.25) is 0 Å². The van der Waals surface area contributed by atoms with E-state index in [1.165, 1.54) is 10.4 Å². The van der Waals surface area contributed by atoms with Crippen LogP contribution in [-0.4, -0.2) is 42.5 Å². The highest BCUT2D eigenvalue weighted by Gasteiger charge is 2.51. The summed E-state index contributed by atoms with van der Waals surface area (Å²) in [5, 5.41) is 2.69. The van der Waals surface area contributed by atoms with Gasteiger partial charge in [-0.1, -0.05) is 81.4 Å². The van der Waals surface area contributed by atoms with Gasteiger partial charge in [0.2, 0.25) is 0 Å². The second-order valence-electron chi connectivity index (χ2n) is 9.91. The molecule has 0 spiro atoms. The van der Waals surface area contributed by atoms with Crippen LogP contribution in [0.3, 0.4) is 0 Å². The molecule has 3 heterocycles. The lowest BCUT2D eigenvalue weighted by Gasteiger charge is -2.46. The molecule has 0 unspecified atom stereocenters. The minimum Gasteiger partial charge on any atom is -0.404 e. The molecule has 33 heavy (non-hydrogen) atoms. The Balaban J connectivity index is 1.42. The Hall–Kier alpha value is -2.96. The van der Waals surface area contributed by atoms with Gasteiger partial charge in [-0.25, -0.2) is 9.97 Å². The fraction of sp³-hybridized carbons (Fsp3) is 0.333. The first-order valence-electron chi connectivity index (χ1n) is 11.8. The molecule has 2 aromatic carbocycles. The van der Waals surface area contributed by atoms with E-state index < -0.39 is 8.32 Å². The fourth-order valence-electron chi connectivity index (χ4n) is 5.13. The number of nitrogens with one attached hydrogen (secondary N) is 1. The number of hydrogen-bond donors (Lipinski definition) is 1. The number of anilines is 1. The molecule has 1 aliphatic rings. The van der Waals surface area contributed by atoms with Crippen LogP contribution in [-0.2, 0) is 4.43 Å². The fourth-order valence-corrected chi connectivity index (χ4v) is 9.88. The summed E-state index contributed by atoms with van der Waals surface area (Å²) in [5.74, 6) is 0.999. The Labute approximate surface area is 197 Å². The zero-order valence-electron chi connectivity index (χ0n) is 19.7. The Morgan fingerprint density at radius 1 is 0.879 bits per heavy atom. The number of benzene rings is 2. The van der Waals surface area contributed by atoms with E-state index in [4.69, 9.17) is 9.41 Å². The topological polar surface area (TPSA) is 54.0 Å². The molecule has 1 saturated heterocycles. The number of nitrogens with zero attached hydrogens (tertiary/aromatic N) is 3. The Kier molecular flexibility index (Phi) is 5.80. The van der Waals surface area contributed by atoms with Crippen LogP contribution in [0.1, 0.15) is 33.6 Å². The van der Waals surface area contributed by atoms with Crippen LogP contribution in [0.15, 0.2) is 79.1 Å². The van der Waals surface area contributed by atoms with Crippen molar-refractivity contribution in [3.05, 3.63) is 79.1 Å². The molecule has 6 heteroatoms. The molecule has 5 rings (SSSR count). The standard InChI is InChI=1S/C27H32N4OSi/c1-27(2,3)33(22-10-6-4-7-11-22,23-12-8-5-9-13-23)32-21-16-18-31(19-17-21)25-15-14-24-26(30-25)29-20-28-24/h4-15,20-21H,16-19H2,1-3H3,(H,28,29,30). The van der Waals surface area contributed by atoms with Crippen LogP contribution in [0.25, 0.3) is 11.2 Å². The van der Waals surface area contributed by atoms with E-state index in [2.05, 4.69) is 108 Å². The molecular formula is C27H32N4OSi. The van der Waals surface area contributed by atoms with Crippen LogP contribution >= 0.6 is 0 Å². The van der Waals surface area contributed by atoms with Crippen molar-refractivity contribution in [2.24, 2.45) is 0 Å². The van der Waals surface area contributed by atoms with E-state index in [1.54, 1.807) is 6.33 Å². The highest BCUT2D eigenvalue weighted by Crippen LogP contribution is 2.38. The number of imidazole rings is 1. The smallest absolute Gasteiger partial charge is 0.261 e. The number of hydrogen-bond acceptors (Lipinski definition) is 4. The Morgan fingerprint density at radius 2 is 1.48 bits per heavy atom. The number of rotatable bonds is 5. The van der Waals surface area contributed by atoms with Crippen molar-refractivity contribution in [1.29, 1.82) is 0 Å². The minimum atomic E-state index is -2.51. The molecular weight excluding hydrogens is 424 g/mol. The molecule has 0 atom stereocenters. The molecule has 0 bridgehead atoms. The SMILES string of the molecule is CC(C)(C)[Si](OC1CCN(c2ccc3[nH]cnc3n2)CC1)(c1ccccc1)c1ccccc1. The van der Waals surface area contributed by atoms with Crippen molar-refractivity contribution in [3.63, 3.8) is 0 Å². The molecule has 1 N–H and O–H groups in total. The predicted octanol–water partition coefficient (Wildman–Crippen LogP) is 4.50. The van der Waals surface area contributed by atoms with Gasteiger partial charge in [-0.2, -0.15) is 0 Å². The number of H-pyrrole nitrogens is 1. The van der Waals surface area contributed by atoms with Gasteiger partial charge in [-0.05, 0) is 40.4 Å². The van der Waals surface area contributed by atoms with Crippen molar-refractivity contribution in [1.82, 2.24) is 15.0 Å². The minimum absolute atomic E-state index is 0.000610. The monoisotopic (exact) mass is 456 g/mol. The summed E-state index contributed by atoms with van der Waals surface area (Å²) >= 11 is 0. The highest BCUT2D eigenvalue weighted by molar-refractivity contribution is 6.99. The first-order valence-corrected chi connectivity index (χ1v) is 13.7. The van der Waals surface area contributed by atoms with E-state index in [0.29, 0.717) is 0 Å². The molecule has 1 fully saturated rings. The summed E-state index contributed by atoms with van der Waals surface area (Å²) < 4.78 is 7.33.